The highest BCUT2D eigenvalue weighted by atomic mass is 16.5. The monoisotopic (exact) mass is 381 g/mol. The van der Waals surface area contributed by atoms with Crippen LogP contribution in [0.2, 0.25) is 0 Å². The lowest BCUT2D eigenvalue weighted by molar-refractivity contribution is 0.262. The van der Waals surface area contributed by atoms with Crippen molar-refractivity contribution in [3.63, 3.8) is 0 Å². The summed E-state index contributed by atoms with van der Waals surface area (Å²) in [7, 11) is 0. The van der Waals surface area contributed by atoms with E-state index in [9.17, 15) is 0 Å². The van der Waals surface area contributed by atoms with E-state index < -0.39 is 0 Å². The Hall–Kier alpha value is -1.81. The van der Waals surface area contributed by atoms with E-state index in [1.54, 1.807) is 0 Å². The molecule has 4 nitrogen and oxygen atoms in total. The number of ether oxygens (including phenoxy) is 1. The summed E-state index contributed by atoms with van der Waals surface area (Å²) in [6.45, 7) is 11.0. The molecule has 0 unspecified atom stereocenters. The first kappa shape index (κ1) is 19.5. The van der Waals surface area contributed by atoms with E-state index >= 15 is 0 Å². The van der Waals surface area contributed by atoms with Gasteiger partial charge in [0.1, 0.15) is 11.6 Å². The maximum atomic E-state index is 6.18. The van der Waals surface area contributed by atoms with E-state index in [-0.39, 0.29) is 0 Å². The van der Waals surface area contributed by atoms with Crippen LogP contribution < -0.4 is 10.1 Å². The molecule has 1 aromatic heterocycles. The van der Waals surface area contributed by atoms with Crippen molar-refractivity contribution in [2.24, 2.45) is 0 Å². The van der Waals surface area contributed by atoms with Gasteiger partial charge in [-0.2, -0.15) is 0 Å². The molecule has 0 saturated carbocycles. The fraction of sp³-hybridized carbons (Fsp3) is 0.625. The van der Waals surface area contributed by atoms with E-state index in [0.29, 0.717) is 6.04 Å². The van der Waals surface area contributed by atoms with E-state index in [1.807, 2.05) is 0 Å². The molecule has 0 atom stereocenters. The van der Waals surface area contributed by atoms with Gasteiger partial charge in [-0.15, -0.1) is 0 Å². The molecule has 1 N–H and O–H groups in total. The third kappa shape index (κ3) is 4.27. The number of benzene rings is 1. The predicted molar refractivity (Wildman–Crippen MR) is 118 cm³/mol. The van der Waals surface area contributed by atoms with Crippen LogP contribution in [0.15, 0.2) is 12.1 Å². The van der Waals surface area contributed by atoms with Gasteiger partial charge in [0.05, 0.1) is 12.1 Å². The highest BCUT2D eigenvalue weighted by Gasteiger charge is 2.20. The summed E-state index contributed by atoms with van der Waals surface area (Å²) in [5.41, 5.74) is 5.24. The van der Waals surface area contributed by atoms with Crippen molar-refractivity contribution in [3.8, 4) is 5.75 Å². The summed E-state index contributed by atoms with van der Waals surface area (Å²) < 4.78 is 6.18. The van der Waals surface area contributed by atoms with Crippen molar-refractivity contribution >= 4 is 16.7 Å². The average Bonchev–Trinajstić information content (AvgIpc) is 3.19. The summed E-state index contributed by atoms with van der Waals surface area (Å²) >= 11 is 0. The van der Waals surface area contributed by atoms with Gasteiger partial charge in [-0.3, -0.25) is 0 Å². The number of fused-ring (bicyclic) bond motifs is 3. The molecule has 0 bridgehead atoms. The van der Waals surface area contributed by atoms with E-state index in [0.717, 1.165) is 49.5 Å². The number of anilines is 1. The summed E-state index contributed by atoms with van der Waals surface area (Å²) in [5, 5.41) is 4.91. The summed E-state index contributed by atoms with van der Waals surface area (Å²) in [5.74, 6) is 2.08. The zero-order valence-electron chi connectivity index (χ0n) is 17.8. The Balaban J connectivity index is 1.55. The fourth-order valence-electron chi connectivity index (χ4n) is 4.69. The normalized spacial score (nSPS) is 17.3. The average molecular weight is 382 g/mol. The molecule has 4 heteroatoms. The van der Waals surface area contributed by atoms with Gasteiger partial charge in [0.2, 0.25) is 0 Å². The number of aryl methyl sites for hydroxylation is 2. The van der Waals surface area contributed by atoms with Gasteiger partial charge in [0.25, 0.3) is 0 Å². The molecule has 1 aromatic carbocycles. The molecule has 0 spiro atoms. The van der Waals surface area contributed by atoms with Crippen LogP contribution >= 0.6 is 0 Å². The minimum Gasteiger partial charge on any atom is -0.493 e. The second-order valence-corrected chi connectivity index (χ2v) is 8.81. The maximum Gasteiger partial charge on any atom is 0.130 e. The van der Waals surface area contributed by atoms with Crippen LogP contribution in [-0.2, 0) is 12.8 Å². The third-order valence-corrected chi connectivity index (χ3v) is 6.10. The predicted octanol–water partition coefficient (Wildman–Crippen LogP) is 5.11. The lowest BCUT2D eigenvalue weighted by atomic mass is 9.88. The van der Waals surface area contributed by atoms with Crippen molar-refractivity contribution in [1.82, 2.24) is 9.88 Å². The van der Waals surface area contributed by atoms with Crippen molar-refractivity contribution in [3.05, 3.63) is 28.8 Å². The van der Waals surface area contributed by atoms with Crippen LogP contribution in [0.4, 0.5) is 5.82 Å². The minimum absolute atomic E-state index is 0.391. The smallest absolute Gasteiger partial charge is 0.130 e. The molecule has 0 amide bonds. The molecular weight excluding hydrogens is 346 g/mol. The Morgan fingerprint density at radius 3 is 2.57 bits per heavy atom. The Labute approximate surface area is 169 Å². The van der Waals surface area contributed by atoms with Gasteiger partial charge in [0.15, 0.2) is 0 Å². The molecule has 1 aliphatic heterocycles. The summed E-state index contributed by atoms with van der Waals surface area (Å²) in [6, 6.07) is 4.87. The van der Waals surface area contributed by atoms with Crippen molar-refractivity contribution in [2.45, 2.75) is 71.8 Å². The summed E-state index contributed by atoms with van der Waals surface area (Å²) in [6.07, 6.45) is 8.65. The zero-order valence-corrected chi connectivity index (χ0v) is 17.8. The highest BCUT2D eigenvalue weighted by molar-refractivity contribution is 5.88. The Bertz CT molecular complexity index is 824. The molecule has 2 aliphatic rings. The SMILES string of the molecule is Cc1cc2c3c(c(NC(C)C)nc2cc1OCCCN1CCCC1)CCCC3. The van der Waals surface area contributed by atoms with E-state index in [2.05, 4.69) is 43.1 Å². The summed E-state index contributed by atoms with van der Waals surface area (Å²) in [4.78, 5) is 7.57. The lowest BCUT2D eigenvalue weighted by Gasteiger charge is -2.23. The van der Waals surface area contributed by atoms with Gasteiger partial charge in [-0.1, -0.05) is 0 Å². The molecule has 2 heterocycles. The standard InChI is InChI=1S/C24H35N3O/c1-17(2)25-24-20-10-5-4-9-19(20)21-15-18(3)23(16-22(21)26-24)28-14-8-13-27-11-6-7-12-27/h15-17H,4-14H2,1-3H3,(H,25,26). The largest absolute Gasteiger partial charge is 0.493 e. The Morgan fingerprint density at radius 2 is 1.82 bits per heavy atom. The topological polar surface area (TPSA) is 37.4 Å². The fourth-order valence-corrected chi connectivity index (χ4v) is 4.69. The van der Waals surface area contributed by atoms with Crippen molar-refractivity contribution in [1.29, 1.82) is 0 Å². The molecule has 4 rings (SSSR count). The van der Waals surface area contributed by atoms with Crippen molar-refractivity contribution < 1.29 is 4.74 Å². The number of nitrogens with one attached hydrogen (secondary N) is 1. The van der Waals surface area contributed by atoms with Crippen LogP contribution in [0.1, 0.15) is 62.6 Å². The first-order valence-electron chi connectivity index (χ1n) is 11.2. The van der Waals surface area contributed by atoms with E-state index in [1.165, 1.54) is 60.8 Å². The number of rotatable bonds is 7. The molecule has 1 fully saturated rings. The van der Waals surface area contributed by atoms with Gasteiger partial charge in [0, 0.05) is 24.0 Å². The molecule has 1 aliphatic carbocycles. The van der Waals surface area contributed by atoms with Crippen molar-refractivity contribution in [2.75, 3.05) is 31.6 Å². The molecular formula is C24H35N3O. The first-order valence-corrected chi connectivity index (χ1v) is 11.2. The molecule has 2 aromatic rings. The number of nitrogens with zero attached hydrogens (tertiary/aromatic N) is 2. The van der Waals surface area contributed by atoms with Crippen LogP contribution in [0, 0.1) is 6.92 Å². The molecule has 152 valence electrons. The second-order valence-electron chi connectivity index (χ2n) is 8.81. The lowest BCUT2D eigenvalue weighted by Crippen LogP contribution is -2.22. The first-order chi connectivity index (χ1) is 13.6. The van der Waals surface area contributed by atoms with Crippen LogP contribution in [0.25, 0.3) is 10.9 Å². The number of pyridine rings is 1. The Morgan fingerprint density at radius 1 is 1.07 bits per heavy atom. The minimum atomic E-state index is 0.391. The number of hydrogen-bond acceptors (Lipinski definition) is 4. The maximum absolute atomic E-state index is 6.18. The van der Waals surface area contributed by atoms with Gasteiger partial charge < -0.3 is 15.0 Å². The zero-order chi connectivity index (χ0) is 19.5. The van der Waals surface area contributed by atoms with Gasteiger partial charge in [-0.25, -0.2) is 4.98 Å². The van der Waals surface area contributed by atoms with Crippen LogP contribution in [-0.4, -0.2) is 42.2 Å². The molecule has 1 saturated heterocycles. The number of likely N-dealkylation sites (tertiary alicyclic amines) is 1. The molecule has 0 radical (unpaired) electrons. The number of aromatic nitrogens is 1. The van der Waals surface area contributed by atoms with Crippen LogP contribution in [0.3, 0.4) is 0 Å². The quantitative estimate of drug-likeness (QED) is 0.677. The van der Waals surface area contributed by atoms with Gasteiger partial charge >= 0.3 is 0 Å². The highest BCUT2D eigenvalue weighted by Crippen LogP contribution is 2.35. The van der Waals surface area contributed by atoms with Gasteiger partial charge in [-0.05, 0) is 102 Å². The van der Waals surface area contributed by atoms with E-state index in [4.69, 9.17) is 9.72 Å². The third-order valence-electron chi connectivity index (χ3n) is 6.10. The molecule has 28 heavy (non-hydrogen) atoms. The van der Waals surface area contributed by atoms with Crippen LogP contribution in [0.5, 0.6) is 5.75 Å². The second kappa shape index (κ2) is 8.69. The number of hydrogen-bond donors (Lipinski definition) is 1. The Kier molecular flexibility index (Phi) is 6.05.